The van der Waals surface area contributed by atoms with Gasteiger partial charge in [0, 0.05) is 6.04 Å². The van der Waals surface area contributed by atoms with E-state index < -0.39 is 0 Å². The molecule has 1 aromatic rings. The summed E-state index contributed by atoms with van der Waals surface area (Å²) in [6, 6.07) is 5.74. The van der Waals surface area contributed by atoms with E-state index in [4.69, 9.17) is 16.3 Å². The molecule has 94 valence electrons. The van der Waals surface area contributed by atoms with Crippen LogP contribution >= 0.6 is 11.6 Å². The highest BCUT2D eigenvalue weighted by molar-refractivity contribution is 6.29. The maximum absolute atomic E-state index is 11.9. The summed E-state index contributed by atoms with van der Waals surface area (Å²) in [5.41, 5.74) is 1.80. The van der Waals surface area contributed by atoms with Gasteiger partial charge in [0.1, 0.15) is 11.6 Å². The lowest BCUT2D eigenvalue weighted by atomic mass is 10.1. The quantitative estimate of drug-likeness (QED) is 0.774. The molecule has 1 amide bonds. The number of amides is 1. The third-order valence-corrected chi connectivity index (χ3v) is 2.79. The van der Waals surface area contributed by atoms with Crippen LogP contribution in [0.4, 0.5) is 5.69 Å². The SMILES string of the molecule is COc1cccc(C)c1N(C(=O)CCl)C(C)C. The maximum atomic E-state index is 11.9. The zero-order valence-corrected chi connectivity index (χ0v) is 11.4. The second-order valence-electron chi connectivity index (χ2n) is 4.12. The van der Waals surface area contributed by atoms with Gasteiger partial charge in [0.05, 0.1) is 12.8 Å². The molecule has 0 radical (unpaired) electrons. The number of nitrogens with zero attached hydrogens (tertiary/aromatic N) is 1. The number of hydrogen-bond acceptors (Lipinski definition) is 2. The van der Waals surface area contributed by atoms with Gasteiger partial charge in [0.2, 0.25) is 5.91 Å². The van der Waals surface area contributed by atoms with Gasteiger partial charge in [-0.15, -0.1) is 11.6 Å². The molecule has 1 rings (SSSR count). The monoisotopic (exact) mass is 255 g/mol. The molecule has 0 aliphatic carbocycles. The van der Waals surface area contributed by atoms with Gasteiger partial charge in [-0.3, -0.25) is 4.79 Å². The first-order valence-corrected chi connectivity index (χ1v) is 6.08. The van der Waals surface area contributed by atoms with Crippen molar-refractivity contribution < 1.29 is 9.53 Å². The Kier molecular flexibility index (Phi) is 4.82. The third-order valence-electron chi connectivity index (χ3n) is 2.56. The van der Waals surface area contributed by atoms with Crippen molar-refractivity contribution in [2.45, 2.75) is 26.8 Å². The van der Waals surface area contributed by atoms with E-state index in [1.54, 1.807) is 12.0 Å². The molecule has 0 bridgehead atoms. The van der Waals surface area contributed by atoms with E-state index in [9.17, 15) is 4.79 Å². The summed E-state index contributed by atoms with van der Waals surface area (Å²) in [6.07, 6.45) is 0. The Bertz CT molecular complexity index is 404. The number of aryl methyl sites for hydroxylation is 1. The Labute approximate surface area is 107 Å². The lowest BCUT2D eigenvalue weighted by molar-refractivity contribution is -0.116. The molecular weight excluding hydrogens is 238 g/mol. The zero-order valence-electron chi connectivity index (χ0n) is 10.7. The Balaban J connectivity index is 3.31. The molecule has 0 atom stereocenters. The van der Waals surface area contributed by atoms with Gasteiger partial charge >= 0.3 is 0 Å². The van der Waals surface area contributed by atoms with Crippen molar-refractivity contribution in [1.82, 2.24) is 0 Å². The van der Waals surface area contributed by atoms with Crippen LogP contribution in [0.5, 0.6) is 5.75 Å². The first kappa shape index (κ1) is 13.8. The van der Waals surface area contributed by atoms with Gasteiger partial charge in [-0.1, -0.05) is 12.1 Å². The minimum atomic E-state index is -0.116. The molecule has 17 heavy (non-hydrogen) atoms. The molecule has 0 aliphatic heterocycles. The molecule has 0 saturated carbocycles. The smallest absolute Gasteiger partial charge is 0.242 e. The molecular formula is C13H18ClNO2. The summed E-state index contributed by atoms with van der Waals surface area (Å²) >= 11 is 5.66. The average molecular weight is 256 g/mol. The number of anilines is 1. The summed E-state index contributed by atoms with van der Waals surface area (Å²) in [5.74, 6) is 0.543. The topological polar surface area (TPSA) is 29.5 Å². The molecule has 0 heterocycles. The van der Waals surface area contributed by atoms with Gasteiger partial charge in [-0.2, -0.15) is 0 Å². The largest absolute Gasteiger partial charge is 0.495 e. The minimum Gasteiger partial charge on any atom is -0.495 e. The highest BCUT2D eigenvalue weighted by atomic mass is 35.5. The number of benzene rings is 1. The van der Waals surface area contributed by atoms with E-state index in [-0.39, 0.29) is 17.8 Å². The summed E-state index contributed by atoms with van der Waals surface area (Å²) in [4.78, 5) is 13.6. The Morgan fingerprint density at radius 3 is 2.59 bits per heavy atom. The van der Waals surface area contributed by atoms with Crippen LogP contribution < -0.4 is 9.64 Å². The second-order valence-corrected chi connectivity index (χ2v) is 4.38. The van der Waals surface area contributed by atoms with Crippen molar-refractivity contribution in [3.63, 3.8) is 0 Å². The summed E-state index contributed by atoms with van der Waals surface area (Å²) in [6.45, 7) is 5.86. The zero-order chi connectivity index (χ0) is 13.0. The minimum absolute atomic E-state index is 0.0321. The molecule has 0 spiro atoms. The normalized spacial score (nSPS) is 10.5. The van der Waals surface area contributed by atoms with Crippen LogP contribution in [0.1, 0.15) is 19.4 Å². The average Bonchev–Trinajstić information content (AvgIpc) is 2.30. The standard InChI is InChI=1S/C13H18ClNO2/c1-9(2)15(12(16)8-14)13-10(3)6-5-7-11(13)17-4/h5-7,9H,8H2,1-4H3. The number of para-hydroxylation sites is 1. The van der Waals surface area contributed by atoms with Crippen molar-refractivity contribution in [3.05, 3.63) is 23.8 Å². The van der Waals surface area contributed by atoms with Gasteiger partial charge in [-0.25, -0.2) is 0 Å². The highest BCUT2D eigenvalue weighted by Gasteiger charge is 2.23. The lowest BCUT2D eigenvalue weighted by Crippen LogP contribution is -2.38. The van der Waals surface area contributed by atoms with Crippen LogP contribution in [0, 0.1) is 6.92 Å². The summed E-state index contributed by atoms with van der Waals surface area (Å²) < 4.78 is 5.31. The predicted octanol–water partition coefficient (Wildman–Crippen LogP) is 2.98. The summed E-state index contributed by atoms with van der Waals surface area (Å²) in [5, 5.41) is 0. The third kappa shape index (κ3) is 2.91. The van der Waals surface area contributed by atoms with Gasteiger partial charge in [0.25, 0.3) is 0 Å². The molecule has 0 unspecified atom stereocenters. The van der Waals surface area contributed by atoms with Crippen LogP contribution in [-0.2, 0) is 4.79 Å². The molecule has 0 N–H and O–H groups in total. The molecule has 0 aromatic heterocycles. The number of carbonyl (C=O) groups is 1. The lowest BCUT2D eigenvalue weighted by Gasteiger charge is -2.29. The van der Waals surface area contributed by atoms with Gasteiger partial charge in [0.15, 0.2) is 0 Å². The van der Waals surface area contributed by atoms with E-state index in [2.05, 4.69) is 0 Å². The molecule has 1 aromatic carbocycles. The van der Waals surface area contributed by atoms with Crippen LogP contribution in [0.2, 0.25) is 0 Å². The van der Waals surface area contributed by atoms with E-state index in [1.165, 1.54) is 0 Å². The van der Waals surface area contributed by atoms with Gasteiger partial charge in [-0.05, 0) is 32.4 Å². The van der Waals surface area contributed by atoms with Gasteiger partial charge < -0.3 is 9.64 Å². The molecule has 0 fully saturated rings. The number of carbonyl (C=O) groups excluding carboxylic acids is 1. The first-order chi connectivity index (χ1) is 8.02. The first-order valence-electron chi connectivity index (χ1n) is 5.54. The van der Waals surface area contributed by atoms with Crippen LogP contribution in [0.15, 0.2) is 18.2 Å². The number of methoxy groups -OCH3 is 1. The fraction of sp³-hybridized carbons (Fsp3) is 0.462. The van der Waals surface area contributed by atoms with E-state index in [1.807, 2.05) is 39.0 Å². The fourth-order valence-electron chi connectivity index (χ4n) is 1.84. The Morgan fingerprint density at radius 2 is 2.12 bits per heavy atom. The number of halogens is 1. The molecule has 0 saturated heterocycles. The highest BCUT2D eigenvalue weighted by Crippen LogP contribution is 2.33. The van der Waals surface area contributed by atoms with Crippen molar-refractivity contribution >= 4 is 23.2 Å². The van der Waals surface area contributed by atoms with Crippen LogP contribution in [0.3, 0.4) is 0 Å². The number of hydrogen-bond donors (Lipinski definition) is 0. The van der Waals surface area contributed by atoms with Crippen LogP contribution in [0.25, 0.3) is 0 Å². The van der Waals surface area contributed by atoms with E-state index >= 15 is 0 Å². The molecule has 3 nitrogen and oxygen atoms in total. The van der Waals surface area contributed by atoms with Crippen molar-refractivity contribution in [2.75, 3.05) is 17.9 Å². The Hall–Kier alpha value is -1.22. The number of rotatable bonds is 4. The second kappa shape index (κ2) is 5.92. The van der Waals surface area contributed by atoms with E-state index in [0.717, 1.165) is 11.3 Å². The van der Waals surface area contributed by atoms with E-state index in [0.29, 0.717) is 5.75 Å². The maximum Gasteiger partial charge on any atom is 0.242 e. The predicted molar refractivity (Wildman–Crippen MR) is 71.1 cm³/mol. The van der Waals surface area contributed by atoms with Crippen molar-refractivity contribution in [3.8, 4) is 5.75 Å². The number of alkyl halides is 1. The Morgan fingerprint density at radius 1 is 1.47 bits per heavy atom. The number of ether oxygens (including phenoxy) is 1. The molecule has 4 heteroatoms. The van der Waals surface area contributed by atoms with Crippen LogP contribution in [-0.4, -0.2) is 24.9 Å². The van der Waals surface area contributed by atoms with Crippen molar-refractivity contribution in [1.29, 1.82) is 0 Å². The summed E-state index contributed by atoms with van der Waals surface area (Å²) in [7, 11) is 1.60. The molecule has 0 aliphatic rings. The fourth-order valence-corrected chi connectivity index (χ4v) is 1.97. The van der Waals surface area contributed by atoms with Crippen molar-refractivity contribution in [2.24, 2.45) is 0 Å².